The van der Waals surface area contributed by atoms with Gasteiger partial charge in [-0.1, -0.05) is 6.07 Å². The molecule has 4 rings (SSSR count). The maximum atomic E-state index is 10.9. The van der Waals surface area contributed by atoms with Crippen LogP contribution in [0.5, 0.6) is 0 Å². The molecule has 24 heavy (non-hydrogen) atoms. The highest BCUT2D eigenvalue weighted by Gasteiger charge is 2.11. The van der Waals surface area contributed by atoms with E-state index in [2.05, 4.69) is 15.0 Å². The molecule has 118 valence electrons. The fraction of sp³-hybridized carbons (Fsp3) is 0. The number of hydrazine groups is 1. The fourth-order valence-electron chi connectivity index (χ4n) is 2.62. The van der Waals surface area contributed by atoms with Crippen molar-refractivity contribution in [3.8, 4) is 17.1 Å². The van der Waals surface area contributed by atoms with Gasteiger partial charge in [-0.2, -0.15) is 0 Å². The summed E-state index contributed by atoms with van der Waals surface area (Å²) in [7, 11) is 0. The third kappa shape index (κ3) is 2.33. The summed E-state index contributed by atoms with van der Waals surface area (Å²) in [6.45, 7) is 0. The Kier molecular flexibility index (Phi) is 3.33. The first-order chi connectivity index (χ1) is 11.8. The number of carbonyl (C=O) groups excluding carboxylic acids is 1. The molecule has 0 saturated carbocycles. The Balaban J connectivity index is 1.75. The van der Waals surface area contributed by atoms with Gasteiger partial charge in [-0.05, 0) is 36.4 Å². The zero-order valence-electron chi connectivity index (χ0n) is 12.6. The minimum absolute atomic E-state index is 0.556. The second-order valence-electron chi connectivity index (χ2n) is 5.29. The van der Waals surface area contributed by atoms with Crippen LogP contribution < -0.4 is 10.9 Å². The van der Waals surface area contributed by atoms with Gasteiger partial charge in [0.25, 0.3) is 0 Å². The third-order valence-electron chi connectivity index (χ3n) is 3.83. The van der Waals surface area contributed by atoms with Gasteiger partial charge in [0.2, 0.25) is 6.41 Å². The molecule has 4 aromatic rings. The van der Waals surface area contributed by atoms with Crippen molar-refractivity contribution in [3.05, 3.63) is 61.2 Å². The Labute approximate surface area is 137 Å². The maximum Gasteiger partial charge on any atom is 0.228 e. The Morgan fingerprint density at radius 3 is 2.71 bits per heavy atom. The molecule has 0 spiro atoms. The van der Waals surface area contributed by atoms with Crippen LogP contribution in [0.2, 0.25) is 0 Å². The van der Waals surface area contributed by atoms with Gasteiger partial charge in [0.1, 0.15) is 11.3 Å². The summed E-state index contributed by atoms with van der Waals surface area (Å²) >= 11 is 0. The number of rotatable bonds is 4. The molecule has 1 amide bonds. The molecule has 0 bridgehead atoms. The lowest BCUT2D eigenvalue weighted by atomic mass is 10.2. The summed E-state index contributed by atoms with van der Waals surface area (Å²) in [5, 5.41) is 1.02. The smallest absolute Gasteiger partial charge is 0.228 e. The number of anilines is 1. The number of H-pyrrole nitrogens is 1. The summed E-state index contributed by atoms with van der Waals surface area (Å²) in [5.74, 6) is 6.40. The van der Waals surface area contributed by atoms with Crippen LogP contribution in [-0.4, -0.2) is 25.9 Å². The molecule has 0 atom stereocenters. The van der Waals surface area contributed by atoms with Gasteiger partial charge < -0.3 is 9.55 Å². The van der Waals surface area contributed by atoms with E-state index in [-0.39, 0.29) is 0 Å². The second-order valence-corrected chi connectivity index (χ2v) is 5.29. The van der Waals surface area contributed by atoms with Crippen molar-refractivity contribution < 1.29 is 4.79 Å². The molecule has 0 aliphatic carbocycles. The summed E-state index contributed by atoms with van der Waals surface area (Å²) in [6, 6.07) is 13.4. The number of nitrogens with one attached hydrogen (secondary N) is 1. The molecule has 7 heteroatoms. The van der Waals surface area contributed by atoms with Crippen molar-refractivity contribution in [2.75, 3.05) is 5.01 Å². The summed E-state index contributed by atoms with van der Waals surface area (Å²) in [5.41, 5.74) is 3.98. The Morgan fingerprint density at radius 1 is 1.17 bits per heavy atom. The van der Waals surface area contributed by atoms with Gasteiger partial charge in [-0.25, -0.2) is 20.8 Å². The van der Waals surface area contributed by atoms with Crippen LogP contribution in [0.1, 0.15) is 0 Å². The van der Waals surface area contributed by atoms with Gasteiger partial charge in [0.15, 0.2) is 0 Å². The lowest BCUT2D eigenvalue weighted by Crippen LogP contribution is -2.28. The zero-order chi connectivity index (χ0) is 16.5. The van der Waals surface area contributed by atoms with Gasteiger partial charge in [0.05, 0.1) is 17.5 Å². The molecular formula is C17H14N6O. The van der Waals surface area contributed by atoms with Crippen LogP contribution in [0.15, 0.2) is 61.2 Å². The van der Waals surface area contributed by atoms with Crippen molar-refractivity contribution in [2.45, 2.75) is 0 Å². The van der Waals surface area contributed by atoms with E-state index in [1.54, 1.807) is 18.6 Å². The van der Waals surface area contributed by atoms with Crippen LogP contribution in [0.25, 0.3) is 28.1 Å². The van der Waals surface area contributed by atoms with Crippen molar-refractivity contribution in [1.29, 1.82) is 0 Å². The van der Waals surface area contributed by atoms with Crippen LogP contribution in [0.4, 0.5) is 5.69 Å². The first kappa shape index (κ1) is 14.2. The number of aromatic amines is 1. The van der Waals surface area contributed by atoms with Crippen molar-refractivity contribution in [1.82, 2.24) is 19.5 Å². The molecule has 0 aliphatic rings. The van der Waals surface area contributed by atoms with Gasteiger partial charge in [-0.15, -0.1) is 0 Å². The minimum atomic E-state index is 0.556. The van der Waals surface area contributed by atoms with E-state index < -0.39 is 0 Å². The molecule has 0 fully saturated rings. The molecule has 2 aromatic carbocycles. The Bertz CT molecular complexity index is 988. The molecule has 2 heterocycles. The largest absolute Gasteiger partial charge is 0.338 e. The highest BCUT2D eigenvalue weighted by atomic mass is 16.1. The molecule has 3 N–H and O–H groups in total. The highest BCUT2D eigenvalue weighted by Crippen LogP contribution is 2.27. The number of nitrogens with two attached hydrogens (primary N) is 1. The van der Waals surface area contributed by atoms with Crippen LogP contribution in [0, 0.1) is 0 Å². The van der Waals surface area contributed by atoms with E-state index >= 15 is 0 Å². The van der Waals surface area contributed by atoms with Crippen molar-refractivity contribution >= 4 is 23.1 Å². The van der Waals surface area contributed by atoms with Crippen molar-refractivity contribution in [2.24, 2.45) is 5.84 Å². The zero-order valence-corrected chi connectivity index (χ0v) is 12.6. The second kappa shape index (κ2) is 5.64. The first-order valence-electron chi connectivity index (χ1n) is 7.33. The predicted molar refractivity (Wildman–Crippen MR) is 91.4 cm³/mol. The summed E-state index contributed by atoms with van der Waals surface area (Å²) in [6.07, 6.45) is 5.93. The van der Waals surface area contributed by atoms with Gasteiger partial charge in [0, 0.05) is 23.6 Å². The quantitative estimate of drug-likeness (QED) is 0.261. The number of para-hydroxylation sites is 1. The van der Waals surface area contributed by atoms with Crippen molar-refractivity contribution in [3.63, 3.8) is 0 Å². The number of aromatic nitrogens is 4. The lowest BCUT2D eigenvalue weighted by Gasteiger charge is -2.09. The number of hydrogen-bond acceptors (Lipinski definition) is 4. The number of benzene rings is 2. The van der Waals surface area contributed by atoms with E-state index in [9.17, 15) is 4.79 Å². The molecule has 0 aliphatic heterocycles. The molecule has 7 nitrogen and oxygen atoms in total. The minimum Gasteiger partial charge on any atom is -0.338 e. The summed E-state index contributed by atoms with van der Waals surface area (Å²) in [4.78, 5) is 22.8. The average molecular weight is 318 g/mol. The number of amides is 1. The van der Waals surface area contributed by atoms with Crippen LogP contribution in [0.3, 0.4) is 0 Å². The third-order valence-corrected chi connectivity index (χ3v) is 3.83. The predicted octanol–water partition coefficient (Wildman–Crippen LogP) is 2.25. The van der Waals surface area contributed by atoms with Gasteiger partial charge in [-0.3, -0.25) is 4.79 Å². The average Bonchev–Trinajstić information content (AvgIpc) is 3.30. The molecule has 0 radical (unpaired) electrons. The SMILES string of the molecule is NN(C=O)c1cccc2[nH]c(-c3ccc(-n4ccnc4)cc3)nc12. The van der Waals surface area contributed by atoms with E-state index in [0.717, 1.165) is 21.8 Å². The lowest BCUT2D eigenvalue weighted by molar-refractivity contribution is -0.107. The van der Waals surface area contributed by atoms with E-state index in [1.807, 2.05) is 47.2 Å². The first-order valence-corrected chi connectivity index (χ1v) is 7.33. The normalized spacial score (nSPS) is 10.9. The Hall–Kier alpha value is -3.45. The molecule has 2 aromatic heterocycles. The van der Waals surface area contributed by atoms with E-state index in [0.29, 0.717) is 23.4 Å². The molecular weight excluding hydrogens is 304 g/mol. The van der Waals surface area contributed by atoms with Crippen LogP contribution >= 0.6 is 0 Å². The Morgan fingerprint density at radius 2 is 2.00 bits per heavy atom. The van der Waals surface area contributed by atoms with E-state index in [4.69, 9.17) is 5.84 Å². The molecule has 0 unspecified atom stereocenters. The van der Waals surface area contributed by atoms with Crippen LogP contribution in [-0.2, 0) is 4.79 Å². The van der Waals surface area contributed by atoms with E-state index in [1.165, 1.54) is 0 Å². The number of carbonyl (C=O) groups is 1. The summed E-state index contributed by atoms with van der Waals surface area (Å²) < 4.78 is 1.93. The number of fused-ring (bicyclic) bond motifs is 1. The maximum absolute atomic E-state index is 10.9. The standard InChI is InChI=1S/C17H14N6O/c18-23(11-24)15-3-1-2-14-16(15)21-17(20-14)12-4-6-13(7-5-12)22-9-8-19-10-22/h1-11H,18H2,(H,20,21). The fourth-order valence-corrected chi connectivity index (χ4v) is 2.62. The number of imidazole rings is 2. The number of hydrogen-bond donors (Lipinski definition) is 2. The molecule has 0 saturated heterocycles. The monoisotopic (exact) mass is 318 g/mol. The topological polar surface area (TPSA) is 92.8 Å². The number of nitrogens with zero attached hydrogens (tertiary/aromatic N) is 4. The van der Waals surface area contributed by atoms with Gasteiger partial charge >= 0.3 is 0 Å². The highest BCUT2D eigenvalue weighted by molar-refractivity contribution is 5.95.